The van der Waals surface area contributed by atoms with Crippen molar-refractivity contribution >= 4 is 0 Å². The van der Waals surface area contributed by atoms with Gasteiger partial charge >= 0.3 is 0 Å². The van der Waals surface area contributed by atoms with E-state index in [4.69, 9.17) is 9.47 Å². The van der Waals surface area contributed by atoms with Crippen molar-refractivity contribution < 1.29 is 9.47 Å². The molecule has 1 heterocycles. The molecule has 17 heavy (non-hydrogen) atoms. The molecule has 1 unspecified atom stereocenters. The smallest absolute Gasteiger partial charge is 0.0806 e. The van der Waals surface area contributed by atoms with Gasteiger partial charge in [-0.05, 0) is 19.3 Å². The third-order valence-electron chi connectivity index (χ3n) is 4.00. The number of hydrogen-bond acceptors (Lipinski definition) is 3. The largest absolute Gasteiger partial charge is 0.381 e. The monoisotopic (exact) mass is 241 g/mol. The molecule has 3 heteroatoms. The molecule has 3 nitrogen and oxygen atoms in total. The highest BCUT2D eigenvalue weighted by atomic mass is 16.5. The molecule has 100 valence electrons. The first-order valence-corrected chi connectivity index (χ1v) is 7.15. The van der Waals surface area contributed by atoms with Gasteiger partial charge < -0.3 is 14.8 Å². The summed E-state index contributed by atoms with van der Waals surface area (Å²) in [5, 5.41) is 3.55. The molecule has 0 aromatic heterocycles. The van der Waals surface area contributed by atoms with E-state index in [1.54, 1.807) is 0 Å². The topological polar surface area (TPSA) is 30.5 Å². The molecule has 1 N–H and O–H groups in total. The Hall–Kier alpha value is -0.120. The summed E-state index contributed by atoms with van der Waals surface area (Å²) in [5.41, 5.74) is 0.118. The minimum absolute atomic E-state index is 0.118. The van der Waals surface area contributed by atoms with Gasteiger partial charge in [-0.25, -0.2) is 0 Å². The molecule has 0 amide bonds. The molecule has 1 aliphatic heterocycles. The molecule has 2 aliphatic rings. The van der Waals surface area contributed by atoms with Crippen LogP contribution in [0.4, 0.5) is 0 Å². The minimum atomic E-state index is 0.118. The predicted molar refractivity (Wildman–Crippen MR) is 69.2 cm³/mol. The van der Waals surface area contributed by atoms with Gasteiger partial charge in [0.1, 0.15) is 0 Å². The Balaban J connectivity index is 1.78. The first-order chi connectivity index (χ1) is 8.20. The summed E-state index contributed by atoms with van der Waals surface area (Å²) in [6.45, 7) is 8.12. The fourth-order valence-electron chi connectivity index (χ4n) is 2.79. The molecule has 1 saturated heterocycles. The van der Waals surface area contributed by atoms with E-state index in [9.17, 15) is 0 Å². The standard InChI is InChI=1S/C14H27NO2/c1-12(2)15-11-14(6-3-4-7-14)17-10-13-5-8-16-9-13/h12-13,15H,3-11H2,1-2H3. The fraction of sp³-hybridized carbons (Fsp3) is 1.00. The van der Waals surface area contributed by atoms with Crippen LogP contribution < -0.4 is 5.32 Å². The molecule has 2 rings (SSSR count). The van der Waals surface area contributed by atoms with Crippen molar-refractivity contribution in [3.05, 3.63) is 0 Å². The van der Waals surface area contributed by atoms with Crippen molar-refractivity contribution in [3.63, 3.8) is 0 Å². The van der Waals surface area contributed by atoms with Crippen LogP contribution >= 0.6 is 0 Å². The van der Waals surface area contributed by atoms with Crippen LogP contribution in [0.2, 0.25) is 0 Å². The van der Waals surface area contributed by atoms with E-state index in [1.165, 1.54) is 32.1 Å². The Bertz CT molecular complexity index is 218. The molecular formula is C14H27NO2. The molecule has 2 fully saturated rings. The average molecular weight is 241 g/mol. The Labute approximate surface area is 105 Å². The van der Waals surface area contributed by atoms with Crippen LogP contribution in [0, 0.1) is 5.92 Å². The lowest BCUT2D eigenvalue weighted by Gasteiger charge is -2.31. The maximum Gasteiger partial charge on any atom is 0.0806 e. The van der Waals surface area contributed by atoms with Gasteiger partial charge in [0.15, 0.2) is 0 Å². The minimum Gasteiger partial charge on any atom is -0.381 e. The molecule has 0 spiro atoms. The van der Waals surface area contributed by atoms with Crippen molar-refractivity contribution in [2.75, 3.05) is 26.4 Å². The van der Waals surface area contributed by atoms with Crippen LogP contribution in [0.3, 0.4) is 0 Å². The van der Waals surface area contributed by atoms with E-state index in [1.807, 2.05) is 0 Å². The van der Waals surface area contributed by atoms with Crippen LogP contribution in [0.15, 0.2) is 0 Å². The first kappa shape index (κ1) is 13.3. The third kappa shape index (κ3) is 3.94. The second-order valence-electron chi connectivity index (χ2n) is 5.97. The third-order valence-corrected chi connectivity index (χ3v) is 4.00. The summed E-state index contributed by atoms with van der Waals surface area (Å²) in [6.07, 6.45) is 6.26. The Kier molecular flexibility index (Phi) is 4.83. The number of rotatable bonds is 6. The summed E-state index contributed by atoms with van der Waals surface area (Å²) in [7, 11) is 0. The van der Waals surface area contributed by atoms with Gasteiger partial charge in [-0.1, -0.05) is 26.7 Å². The molecular weight excluding hydrogens is 214 g/mol. The average Bonchev–Trinajstić information content (AvgIpc) is 2.96. The summed E-state index contributed by atoms with van der Waals surface area (Å²) < 4.78 is 11.7. The van der Waals surface area contributed by atoms with Crippen molar-refractivity contribution in [1.29, 1.82) is 0 Å². The number of hydrogen-bond donors (Lipinski definition) is 1. The Morgan fingerprint density at radius 3 is 2.71 bits per heavy atom. The zero-order valence-corrected chi connectivity index (χ0v) is 11.3. The summed E-state index contributed by atoms with van der Waals surface area (Å²) in [4.78, 5) is 0. The van der Waals surface area contributed by atoms with Gasteiger partial charge in [-0.3, -0.25) is 0 Å². The lowest BCUT2D eigenvalue weighted by atomic mass is 10.0. The normalized spacial score (nSPS) is 28.1. The summed E-state index contributed by atoms with van der Waals surface area (Å²) in [5.74, 6) is 0.631. The van der Waals surface area contributed by atoms with Crippen molar-refractivity contribution in [2.24, 2.45) is 5.92 Å². The lowest BCUT2D eigenvalue weighted by molar-refractivity contribution is -0.0564. The van der Waals surface area contributed by atoms with Crippen molar-refractivity contribution in [2.45, 2.75) is 57.6 Å². The lowest BCUT2D eigenvalue weighted by Crippen LogP contribution is -2.44. The van der Waals surface area contributed by atoms with E-state index in [0.29, 0.717) is 12.0 Å². The van der Waals surface area contributed by atoms with Gasteiger partial charge in [0.2, 0.25) is 0 Å². The van der Waals surface area contributed by atoms with E-state index in [-0.39, 0.29) is 5.60 Å². The van der Waals surface area contributed by atoms with Gasteiger partial charge in [0, 0.05) is 25.1 Å². The Morgan fingerprint density at radius 2 is 2.12 bits per heavy atom. The number of nitrogens with one attached hydrogen (secondary N) is 1. The highest BCUT2D eigenvalue weighted by Crippen LogP contribution is 2.33. The molecule has 0 radical (unpaired) electrons. The van der Waals surface area contributed by atoms with E-state index >= 15 is 0 Å². The molecule has 0 bridgehead atoms. The summed E-state index contributed by atoms with van der Waals surface area (Å²) in [6, 6.07) is 0.547. The van der Waals surface area contributed by atoms with Crippen LogP contribution in [-0.2, 0) is 9.47 Å². The van der Waals surface area contributed by atoms with Gasteiger partial charge in [-0.2, -0.15) is 0 Å². The highest BCUT2D eigenvalue weighted by Gasteiger charge is 2.35. The second-order valence-corrected chi connectivity index (χ2v) is 5.97. The van der Waals surface area contributed by atoms with Gasteiger partial charge in [-0.15, -0.1) is 0 Å². The van der Waals surface area contributed by atoms with Crippen LogP contribution in [0.5, 0.6) is 0 Å². The number of ether oxygens (including phenoxy) is 2. The molecule has 0 aromatic rings. The zero-order chi connectivity index (χ0) is 12.1. The van der Waals surface area contributed by atoms with Crippen molar-refractivity contribution in [3.8, 4) is 0 Å². The Morgan fingerprint density at radius 1 is 1.35 bits per heavy atom. The first-order valence-electron chi connectivity index (χ1n) is 7.15. The molecule has 1 atom stereocenters. The molecule has 0 aromatic carbocycles. The maximum atomic E-state index is 6.28. The predicted octanol–water partition coefficient (Wildman–Crippen LogP) is 2.35. The van der Waals surface area contributed by atoms with E-state index < -0.39 is 0 Å². The molecule has 1 saturated carbocycles. The maximum absolute atomic E-state index is 6.28. The fourth-order valence-corrected chi connectivity index (χ4v) is 2.79. The van der Waals surface area contributed by atoms with E-state index in [0.717, 1.165) is 26.4 Å². The second kappa shape index (κ2) is 6.17. The quantitative estimate of drug-likeness (QED) is 0.774. The van der Waals surface area contributed by atoms with Crippen LogP contribution in [-0.4, -0.2) is 38.0 Å². The van der Waals surface area contributed by atoms with E-state index in [2.05, 4.69) is 19.2 Å². The van der Waals surface area contributed by atoms with Gasteiger partial charge in [0.25, 0.3) is 0 Å². The zero-order valence-electron chi connectivity index (χ0n) is 11.3. The summed E-state index contributed by atoms with van der Waals surface area (Å²) >= 11 is 0. The highest BCUT2D eigenvalue weighted by molar-refractivity contribution is 4.89. The van der Waals surface area contributed by atoms with Gasteiger partial charge in [0.05, 0.1) is 18.8 Å². The van der Waals surface area contributed by atoms with Crippen LogP contribution in [0.25, 0.3) is 0 Å². The van der Waals surface area contributed by atoms with Crippen LogP contribution in [0.1, 0.15) is 46.0 Å². The van der Waals surface area contributed by atoms with Crippen molar-refractivity contribution in [1.82, 2.24) is 5.32 Å². The SMILES string of the molecule is CC(C)NCC1(OCC2CCOC2)CCCC1. The molecule has 1 aliphatic carbocycles.